The molecule has 1 atom stereocenters. The molecule has 0 radical (unpaired) electrons. The van der Waals surface area contributed by atoms with Crippen LogP contribution >= 0.6 is 0 Å². The molecule has 1 aromatic carbocycles. The summed E-state index contributed by atoms with van der Waals surface area (Å²) in [4.78, 5) is 18.7. The lowest BCUT2D eigenvalue weighted by Gasteiger charge is -2.34. The molecule has 3 rings (SSSR count). The molecule has 1 aromatic heterocycles. The molecule has 1 unspecified atom stereocenters. The summed E-state index contributed by atoms with van der Waals surface area (Å²) in [5.41, 5.74) is 1.65. The molecule has 2 N–H and O–H groups in total. The predicted molar refractivity (Wildman–Crippen MR) is 79.8 cm³/mol. The van der Waals surface area contributed by atoms with Crippen LogP contribution in [0.25, 0.3) is 11.1 Å². The van der Waals surface area contributed by atoms with E-state index in [1.165, 1.54) is 0 Å². The van der Waals surface area contributed by atoms with Crippen molar-refractivity contribution in [3.63, 3.8) is 0 Å². The van der Waals surface area contributed by atoms with Gasteiger partial charge in [-0.15, -0.1) is 0 Å². The fourth-order valence-electron chi connectivity index (χ4n) is 2.65. The highest BCUT2D eigenvalue weighted by atomic mass is 16.3. The van der Waals surface area contributed by atoms with Gasteiger partial charge < -0.3 is 15.1 Å². The maximum atomic E-state index is 12.1. The molecule has 1 amide bonds. The third-order valence-electron chi connectivity index (χ3n) is 3.68. The first kappa shape index (κ1) is 14.0. The second-order valence-corrected chi connectivity index (χ2v) is 5.16. The van der Waals surface area contributed by atoms with Gasteiger partial charge in [0.2, 0.25) is 11.8 Å². The minimum atomic E-state index is -0.172. The van der Waals surface area contributed by atoms with E-state index in [0.29, 0.717) is 25.5 Å². The summed E-state index contributed by atoms with van der Waals surface area (Å²) in [6.07, 6.45) is 0. The number of piperazine rings is 1. The fourth-order valence-corrected chi connectivity index (χ4v) is 2.65. The first-order valence-electron chi connectivity index (χ1n) is 7.35. The van der Waals surface area contributed by atoms with Crippen LogP contribution in [0, 0.1) is 0 Å². The van der Waals surface area contributed by atoms with Crippen LogP contribution in [-0.2, 0) is 11.3 Å². The van der Waals surface area contributed by atoms with Gasteiger partial charge in [-0.1, -0.05) is 12.1 Å². The molecule has 1 fully saturated rings. The number of carbonyl (C=O) groups excluding carboxylic acids is 1. The van der Waals surface area contributed by atoms with Crippen molar-refractivity contribution in [2.45, 2.75) is 19.5 Å². The van der Waals surface area contributed by atoms with Gasteiger partial charge >= 0.3 is 0 Å². The van der Waals surface area contributed by atoms with Gasteiger partial charge in [-0.3, -0.25) is 9.69 Å². The average molecular weight is 288 g/mol. The van der Waals surface area contributed by atoms with E-state index in [0.717, 1.165) is 24.2 Å². The van der Waals surface area contributed by atoms with E-state index < -0.39 is 0 Å². The monoisotopic (exact) mass is 288 g/mol. The molecule has 21 heavy (non-hydrogen) atoms. The summed E-state index contributed by atoms with van der Waals surface area (Å²) in [6, 6.07) is 7.54. The van der Waals surface area contributed by atoms with Gasteiger partial charge in [0.15, 0.2) is 5.58 Å². The third kappa shape index (κ3) is 3.06. The van der Waals surface area contributed by atoms with Crippen LogP contribution in [0.1, 0.15) is 12.8 Å². The van der Waals surface area contributed by atoms with Crippen LogP contribution in [0.15, 0.2) is 28.7 Å². The minimum Gasteiger partial charge on any atom is -0.439 e. The lowest BCUT2D eigenvalue weighted by molar-refractivity contribution is -0.127. The van der Waals surface area contributed by atoms with Crippen LogP contribution in [-0.4, -0.2) is 48.0 Å². The number of oxazole rings is 1. The van der Waals surface area contributed by atoms with Gasteiger partial charge in [0, 0.05) is 26.2 Å². The summed E-state index contributed by atoms with van der Waals surface area (Å²) < 4.78 is 5.75. The summed E-state index contributed by atoms with van der Waals surface area (Å²) in [5, 5.41) is 6.15. The van der Waals surface area contributed by atoms with Crippen LogP contribution < -0.4 is 10.6 Å². The first-order valence-corrected chi connectivity index (χ1v) is 7.35. The topological polar surface area (TPSA) is 70.4 Å². The first-order chi connectivity index (χ1) is 10.3. The molecule has 0 spiro atoms. The van der Waals surface area contributed by atoms with E-state index in [4.69, 9.17) is 4.42 Å². The molecule has 6 nitrogen and oxygen atoms in total. The van der Waals surface area contributed by atoms with E-state index in [1.807, 2.05) is 31.2 Å². The summed E-state index contributed by atoms with van der Waals surface area (Å²) in [6.45, 7) is 5.46. The van der Waals surface area contributed by atoms with Gasteiger partial charge in [0.05, 0.1) is 6.54 Å². The number of benzene rings is 1. The van der Waals surface area contributed by atoms with Crippen molar-refractivity contribution in [3.8, 4) is 0 Å². The Morgan fingerprint density at radius 3 is 3.19 bits per heavy atom. The molecule has 0 saturated carbocycles. The molecule has 6 heteroatoms. The molecule has 0 bridgehead atoms. The second kappa shape index (κ2) is 6.24. The molecule has 1 saturated heterocycles. The Balaban J connectivity index is 1.75. The highest BCUT2D eigenvalue weighted by molar-refractivity contribution is 5.82. The van der Waals surface area contributed by atoms with Gasteiger partial charge in [-0.25, -0.2) is 4.98 Å². The Labute approximate surface area is 123 Å². The second-order valence-electron chi connectivity index (χ2n) is 5.16. The fraction of sp³-hybridized carbons (Fsp3) is 0.467. The maximum Gasteiger partial charge on any atom is 0.238 e. The molecule has 1 aliphatic heterocycles. The van der Waals surface area contributed by atoms with E-state index in [9.17, 15) is 4.79 Å². The number of likely N-dealkylation sites (N-methyl/N-ethyl adjacent to an activating group) is 1. The van der Waals surface area contributed by atoms with Gasteiger partial charge in [0.25, 0.3) is 0 Å². The van der Waals surface area contributed by atoms with Gasteiger partial charge in [-0.05, 0) is 19.1 Å². The Morgan fingerprint density at radius 2 is 2.38 bits per heavy atom. The Kier molecular flexibility index (Phi) is 4.17. The summed E-state index contributed by atoms with van der Waals surface area (Å²) in [7, 11) is 0. The maximum absolute atomic E-state index is 12.1. The number of fused-ring (bicyclic) bond motifs is 1. The number of aromatic nitrogens is 1. The van der Waals surface area contributed by atoms with Crippen LogP contribution in [0.4, 0.5) is 0 Å². The van der Waals surface area contributed by atoms with Crippen LogP contribution in [0.2, 0.25) is 0 Å². The molecular formula is C15H20N4O2. The third-order valence-corrected chi connectivity index (χ3v) is 3.68. The van der Waals surface area contributed by atoms with E-state index in [2.05, 4.69) is 20.5 Å². The standard InChI is InChI=1S/C15H20N4O2/c1-2-17-15(20)12-9-16-7-8-19(12)10-14-18-11-5-3-4-6-13(11)21-14/h3-6,12,16H,2,7-10H2,1H3,(H,17,20). The quantitative estimate of drug-likeness (QED) is 0.868. The van der Waals surface area contributed by atoms with Crippen molar-refractivity contribution in [3.05, 3.63) is 30.2 Å². The van der Waals surface area contributed by atoms with Crippen molar-refractivity contribution >= 4 is 17.0 Å². The number of nitrogens with one attached hydrogen (secondary N) is 2. The molecule has 0 aliphatic carbocycles. The number of hydrogen-bond donors (Lipinski definition) is 2. The highest BCUT2D eigenvalue weighted by Crippen LogP contribution is 2.17. The molecule has 2 heterocycles. The van der Waals surface area contributed by atoms with E-state index in [1.54, 1.807) is 0 Å². The average Bonchev–Trinajstić information content (AvgIpc) is 2.90. The van der Waals surface area contributed by atoms with Crippen molar-refractivity contribution < 1.29 is 9.21 Å². The van der Waals surface area contributed by atoms with E-state index in [-0.39, 0.29) is 11.9 Å². The van der Waals surface area contributed by atoms with Crippen LogP contribution in [0.3, 0.4) is 0 Å². The zero-order valence-electron chi connectivity index (χ0n) is 12.1. The Bertz CT molecular complexity index is 592. The number of para-hydroxylation sites is 2. The van der Waals surface area contributed by atoms with Gasteiger partial charge in [0.1, 0.15) is 11.6 Å². The van der Waals surface area contributed by atoms with Crippen molar-refractivity contribution in [1.82, 2.24) is 20.5 Å². The molecule has 112 valence electrons. The molecule has 1 aliphatic rings. The van der Waals surface area contributed by atoms with E-state index >= 15 is 0 Å². The number of amides is 1. The molecule has 2 aromatic rings. The summed E-state index contributed by atoms with van der Waals surface area (Å²) >= 11 is 0. The van der Waals surface area contributed by atoms with Crippen LogP contribution in [0.5, 0.6) is 0 Å². The Morgan fingerprint density at radius 1 is 1.52 bits per heavy atom. The number of nitrogens with zero attached hydrogens (tertiary/aromatic N) is 2. The minimum absolute atomic E-state index is 0.0563. The molecular weight excluding hydrogens is 268 g/mol. The number of hydrogen-bond acceptors (Lipinski definition) is 5. The van der Waals surface area contributed by atoms with Gasteiger partial charge in [-0.2, -0.15) is 0 Å². The largest absolute Gasteiger partial charge is 0.439 e. The van der Waals surface area contributed by atoms with Crippen molar-refractivity contribution in [2.75, 3.05) is 26.2 Å². The highest BCUT2D eigenvalue weighted by Gasteiger charge is 2.29. The number of rotatable bonds is 4. The predicted octanol–water partition coefficient (Wildman–Crippen LogP) is 0.738. The SMILES string of the molecule is CCNC(=O)C1CNCCN1Cc1nc2ccccc2o1. The van der Waals surface area contributed by atoms with Crippen molar-refractivity contribution in [2.24, 2.45) is 0 Å². The lowest BCUT2D eigenvalue weighted by atomic mass is 10.1. The lowest BCUT2D eigenvalue weighted by Crippen LogP contribution is -2.57. The number of carbonyl (C=O) groups is 1. The zero-order valence-corrected chi connectivity index (χ0v) is 12.1. The zero-order chi connectivity index (χ0) is 14.7. The summed E-state index contributed by atoms with van der Waals surface area (Å²) in [5.74, 6) is 0.716. The Hall–Kier alpha value is -1.92. The smallest absolute Gasteiger partial charge is 0.238 e. The van der Waals surface area contributed by atoms with Crippen molar-refractivity contribution in [1.29, 1.82) is 0 Å². The normalized spacial score (nSPS) is 19.8.